The summed E-state index contributed by atoms with van der Waals surface area (Å²) in [6.07, 6.45) is 1.29. The van der Waals surface area contributed by atoms with E-state index in [9.17, 15) is 9.90 Å². The van der Waals surface area contributed by atoms with Crippen LogP contribution in [0.4, 0.5) is 0 Å². The lowest BCUT2D eigenvalue weighted by Crippen LogP contribution is -2.45. The van der Waals surface area contributed by atoms with Gasteiger partial charge in [-0.25, -0.2) is 4.79 Å². The highest BCUT2D eigenvalue weighted by molar-refractivity contribution is 6.31. The van der Waals surface area contributed by atoms with Crippen LogP contribution in [0.15, 0.2) is 12.1 Å². The largest absolute Gasteiger partial charge is 0.464 e. The maximum atomic E-state index is 11.6. The van der Waals surface area contributed by atoms with Crippen molar-refractivity contribution in [1.29, 1.82) is 0 Å². The van der Waals surface area contributed by atoms with Crippen LogP contribution in [-0.4, -0.2) is 23.5 Å². The van der Waals surface area contributed by atoms with Gasteiger partial charge in [0.25, 0.3) is 5.79 Å². The third-order valence-electron chi connectivity index (χ3n) is 3.57. The third-order valence-corrected chi connectivity index (χ3v) is 3.90. The Bertz CT molecular complexity index is 553. The summed E-state index contributed by atoms with van der Waals surface area (Å²) in [7, 11) is 0. The predicted octanol–water partition coefficient (Wildman–Crippen LogP) is 2.59. The molecule has 1 aliphatic heterocycles. The highest BCUT2D eigenvalue weighted by Crippen LogP contribution is 2.50. The van der Waals surface area contributed by atoms with Gasteiger partial charge < -0.3 is 19.3 Å². The topological polar surface area (TPSA) is 65.0 Å². The monoisotopic (exact) mass is 298 g/mol. The molecular formula is C14H15ClO5. The number of hydrogen-bond donors (Lipinski definition) is 1. The number of hydrogen-bond acceptors (Lipinski definition) is 5. The van der Waals surface area contributed by atoms with Gasteiger partial charge in [0.1, 0.15) is 0 Å². The Morgan fingerprint density at radius 3 is 2.65 bits per heavy atom. The van der Waals surface area contributed by atoms with Crippen molar-refractivity contribution in [2.24, 2.45) is 0 Å². The average Bonchev–Trinajstić information content (AvgIpc) is 2.76. The van der Waals surface area contributed by atoms with Crippen molar-refractivity contribution in [1.82, 2.24) is 0 Å². The molecule has 1 spiro atoms. The Morgan fingerprint density at radius 2 is 2.10 bits per heavy atom. The van der Waals surface area contributed by atoms with Crippen molar-refractivity contribution >= 4 is 17.6 Å². The summed E-state index contributed by atoms with van der Waals surface area (Å²) in [5.74, 6) is -0.243. The Hall–Kier alpha value is -1.46. The van der Waals surface area contributed by atoms with E-state index in [1.807, 2.05) is 0 Å². The van der Waals surface area contributed by atoms with Crippen molar-refractivity contribution in [3.05, 3.63) is 22.7 Å². The minimum absolute atomic E-state index is 0.196. The van der Waals surface area contributed by atoms with Crippen molar-refractivity contribution in [3.8, 4) is 11.5 Å². The third kappa shape index (κ3) is 2.11. The summed E-state index contributed by atoms with van der Waals surface area (Å²) in [5.41, 5.74) is 0.267. The fourth-order valence-corrected chi connectivity index (χ4v) is 2.62. The molecule has 0 saturated heterocycles. The Kier molecular flexibility index (Phi) is 3.26. The summed E-state index contributed by atoms with van der Waals surface area (Å²) in [5, 5.41) is 10.2. The molecule has 0 aromatic heterocycles. The number of ether oxygens (including phenoxy) is 3. The van der Waals surface area contributed by atoms with Crippen LogP contribution in [0.1, 0.15) is 37.9 Å². The van der Waals surface area contributed by atoms with Gasteiger partial charge in [0.15, 0.2) is 17.6 Å². The first-order chi connectivity index (χ1) is 9.54. The molecule has 6 heteroatoms. The van der Waals surface area contributed by atoms with Gasteiger partial charge in [-0.1, -0.05) is 11.6 Å². The van der Waals surface area contributed by atoms with Crippen LogP contribution in [0, 0.1) is 0 Å². The lowest BCUT2D eigenvalue weighted by molar-refractivity contribution is -0.153. The van der Waals surface area contributed by atoms with Crippen LogP contribution >= 0.6 is 11.6 Å². The van der Waals surface area contributed by atoms with E-state index in [0.717, 1.165) is 19.3 Å². The van der Waals surface area contributed by atoms with E-state index < -0.39 is 17.9 Å². The highest BCUT2D eigenvalue weighted by atomic mass is 35.5. The second kappa shape index (κ2) is 4.82. The normalized spacial score (nSPS) is 19.6. The van der Waals surface area contributed by atoms with Crippen LogP contribution < -0.4 is 9.47 Å². The lowest BCUT2D eigenvalue weighted by Gasteiger charge is -2.35. The molecule has 0 amide bonds. The predicted molar refractivity (Wildman–Crippen MR) is 70.9 cm³/mol. The second-order valence-electron chi connectivity index (χ2n) is 4.94. The van der Waals surface area contributed by atoms with Gasteiger partial charge in [0.05, 0.1) is 11.6 Å². The zero-order chi connectivity index (χ0) is 14.3. The minimum atomic E-state index is -1.42. The summed E-state index contributed by atoms with van der Waals surface area (Å²) >= 11 is 6.10. The van der Waals surface area contributed by atoms with E-state index in [1.54, 1.807) is 19.1 Å². The van der Waals surface area contributed by atoms with Crippen LogP contribution in [0.25, 0.3) is 0 Å². The molecule has 108 valence electrons. The SMILES string of the molecule is CCOC(=O)C(O)c1cc2c(cc1Cl)OC1(CCC1)O2. The summed E-state index contributed by atoms with van der Waals surface area (Å²) in [6, 6.07) is 3.12. The fourth-order valence-electron chi connectivity index (χ4n) is 2.36. The second-order valence-corrected chi connectivity index (χ2v) is 5.35. The van der Waals surface area contributed by atoms with E-state index in [0.29, 0.717) is 11.5 Å². The van der Waals surface area contributed by atoms with Gasteiger partial charge in [-0.3, -0.25) is 0 Å². The fraction of sp³-hybridized carbons (Fsp3) is 0.500. The maximum Gasteiger partial charge on any atom is 0.339 e. The van der Waals surface area contributed by atoms with Crippen LogP contribution in [-0.2, 0) is 9.53 Å². The summed E-state index contributed by atoms with van der Waals surface area (Å²) < 4.78 is 16.3. The Labute approximate surface area is 121 Å². The number of benzene rings is 1. The Morgan fingerprint density at radius 1 is 1.45 bits per heavy atom. The van der Waals surface area contributed by atoms with Crippen molar-refractivity contribution < 1.29 is 24.1 Å². The zero-order valence-electron chi connectivity index (χ0n) is 11.0. The number of carbonyl (C=O) groups excluding carboxylic acids is 1. The van der Waals surface area contributed by atoms with Gasteiger partial charge in [-0.2, -0.15) is 0 Å². The molecule has 20 heavy (non-hydrogen) atoms. The van der Waals surface area contributed by atoms with E-state index >= 15 is 0 Å². The highest BCUT2D eigenvalue weighted by Gasteiger charge is 2.47. The smallest absolute Gasteiger partial charge is 0.339 e. The number of aliphatic hydroxyl groups excluding tert-OH is 1. The molecule has 1 heterocycles. The molecule has 1 aromatic rings. The number of carbonyl (C=O) groups is 1. The van der Waals surface area contributed by atoms with Crippen LogP contribution in [0.5, 0.6) is 11.5 Å². The van der Waals surface area contributed by atoms with E-state index in [4.69, 9.17) is 25.8 Å². The van der Waals surface area contributed by atoms with E-state index in [2.05, 4.69) is 0 Å². The molecule has 1 aliphatic carbocycles. The molecule has 1 aromatic carbocycles. The molecular weight excluding hydrogens is 284 g/mol. The maximum absolute atomic E-state index is 11.6. The molecule has 1 atom stereocenters. The molecule has 1 unspecified atom stereocenters. The molecule has 0 radical (unpaired) electrons. The molecule has 2 aliphatic rings. The summed E-state index contributed by atoms with van der Waals surface area (Å²) in [4.78, 5) is 11.6. The number of fused-ring (bicyclic) bond motifs is 1. The standard InChI is InChI=1S/C14H15ClO5/c1-2-18-13(17)12(16)8-6-10-11(7-9(8)15)20-14(19-10)4-3-5-14/h6-7,12,16H,2-5H2,1H3. The molecule has 5 nitrogen and oxygen atoms in total. The van der Waals surface area contributed by atoms with Crippen LogP contribution in [0.3, 0.4) is 0 Å². The van der Waals surface area contributed by atoms with Crippen LogP contribution in [0.2, 0.25) is 5.02 Å². The quantitative estimate of drug-likeness (QED) is 0.869. The zero-order valence-corrected chi connectivity index (χ0v) is 11.8. The number of esters is 1. The Balaban J connectivity index is 1.87. The summed E-state index contributed by atoms with van der Waals surface area (Å²) in [6.45, 7) is 1.87. The van der Waals surface area contributed by atoms with Gasteiger partial charge >= 0.3 is 5.97 Å². The van der Waals surface area contributed by atoms with Gasteiger partial charge in [0.2, 0.25) is 0 Å². The molecule has 1 fully saturated rings. The van der Waals surface area contributed by atoms with Gasteiger partial charge in [-0.05, 0) is 19.4 Å². The first-order valence-corrected chi connectivity index (χ1v) is 6.98. The van der Waals surface area contributed by atoms with Crippen molar-refractivity contribution in [3.63, 3.8) is 0 Å². The average molecular weight is 299 g/mol. The van der Waals surface area contributed by atoms with Gasteiger partial charge in [-0.15, -0.1) is 0 Å². The molecule has 1 saturated carbocycles. The molecule has 1 N–H and O–H groups in total. The van der Waals surface area contributed by atoms with Gasteiger partial charge in [0, 0.05) is 24.5 Å². The van der Waals surface area contributed by atoms with E-state index in [1.165, 1.54) is 0 Å². The molecule has 3 rings (SSSR count). The number of aliphatic hydroxyl groups is 1. The first kappa shape index (κ1) is 13.5. The minimum Gasteiger partial charge on any atom is -0.464 e. The molecule has 0 bridgehead atoms. The van der Waals surface area contributed by atoms with Crippen molar-refractivity contribution in [2.75, 3.05) is 6.61 Å². The van der Waals surface area contributed by atoms with Crippen molar-refractivity contribution in [2.45, 2.75) is 38.1 Å². The first-order valence-electron chi connectivity index (χ1n) is 6.61. The lowest BCUT2D eigenvalue weighted by atomic mass is 9.91. The van der Waals surface area contributed by atoms with E-state index in [-0.39, 0.29) is 17.2 Å². The number of halogens is 1. The number of rotatable bonds is 3.